The van der Waals surface area contributed by atoms with Crippen LogP contribution >= 0.6 is 0 Å². The van der Waals surface area contributed by atoms with Gasteiger partial charge in [-0.05, 0) is 33.0 Å². The number of nitrogens with zero attached hydrogens (tertiary/aromatic N) is 6. The number of pyridine rings is 1. The molecule has 27 heavy (non-hydrogen) atoms. The van der Waals surface area contributed by atoms with E-state index >= 15 is 0 Å². The van der Waals surface area contributed by atoms with Crippen LogP contribution in [0.5, 0.6) is 0 Å². The molecule has 0 unspecified atom stereocenters. The van der Waals surface area contributed by atoms with Crippen LogP contribution in [0.15, 0.2) is 18.3 Å². The van der Waals surface area contributed by atoms with E-state index in [1.807, 2.05) is 12.1 Å². The molecule has 1 aliphatic heterocycles. The van der Waals surface area contributed by atoms with Gasteiger partial charge in [-0.2, -0.15) is 5.10 Å². The summed E-state index contributed by atoms with van der Waals surface area (Å²) in [6, 6.07) is 3.69. The zero-order valence-electron chi connectivity index (χ0n) is 15.7. The predicted octanol–water partition coefficient (Wildman–Crippen LogP) is 1.19. The molecular weight excluding hydrogens is 350 g/mol. The number of hydrogen-bond donors (Lipinski definition) is 1. The van der Waals surface area contributed by atoms with E-state index < -0.39 is 4.92 Å². The highest BCUT2D eigenvalue weighted by Gasteiger charge is 2.22. The summed E-state index contributed by atoms with van der Waals surface area (Å²) in [6.45, 7) is 6.88. The zero-order valence-corrected chi connectivity index (χ0v) is 15.7. The molecule has 1 aliphatic rings. The molecule has 0 bridgehead atoms. The monoisotopic (exact) mass is 373 g/mol. The Morgan fingerprint density at radius 1 is 1.26 bits per heavy atom. The van der Waals surface area contributed by atoms with E-state index in [4.69, 9.17) is 0 Å². The van der Waals surface area contributed by atoms with E-state index in [1.165, 1.54) is 4.68 Å². The number of carbonyl (C=O) groups is 1. The summed E-state index contributed by atoms with van der Waals surface area (Å²) in [5, 5.41) is 17.9. The standard InChI is InChI=1S/C17H23N7O3/c1-12-17(24(26)27)13(2)23(20-12)11-16(25)19-14-4-5-15(18-10-14)22-8-6-21(3)7-9-22/h4-5,10H,6-9,11H2,1-3H3,(H,19,25). The molecule has 10 nitrogen and oxygen atoms in total. The number of nitro groups is 1. The van der Waals surface area contributed by atoms with Crippen LogP contribution in [0.2, 0.25) is 0 Å². The van der Waals surface area contributed by atoms with Crippen LogP contribution in [0, 0.1) is 24.0 Å². The van der Waals surface area contributed by atoms with Gasteiger partial charge < -0.3 is 15.1 Å². The lowest BCUT2D eigenvalue weighted by atomic mass is 10.3. The minimum Gasteiger partial charge on any atom is -0.354 e. The van der Waals surface area contributed by atoms with Crippen LogP contribution in [-0.2, 0) is 11.3 Å². The minimum absolute atomic E-state index is 0.0546. The SMILES string of the molecule is Cc1nn(CC(=O)Nc2ccc(N3CCN(C)CC3)nc2)c(C)c1[N+](=O)[O-]. The Hall–Kier alpha value is -3.01. The second-order valence-electron chi connectivity index (χ2n) is 6.68. The molecule has 0 aromatic carbocycles. The maximum absolute atomic E-state index is 12.3. The van der Waals surface area contributed by atoms with E-state index in [2.05, 4.69) is 32.2 Å². The van der Waals surface area contributed by atoms with Crippen molar-refractivity contribution in [2.45, 2.75) is 20.4 Å². The Balaban J connectivity index is 1.61. The lowest BCUT2D eigenvalue weighted by molar-refractivity contribution is -0.386. The van der Waals surface area contributed by atoms with Crippen molar-refractivity contribution in [2.24, 2.45) is 0 Å². The molecule has 0 radical (unpaired) electrons. The van der Waals surface area contributed by atoms with Crippen molar-refractivity contribution in [3.05, 3.63) is 39.8 Å². The van der Waals surface area contributed by atoms with E-state index in [-0.39, 0.29) is 18.1 Å². The lowest BCUT2D eigenvalue weighted by Gasteiger charge is -2.33. The summed E-state index contributed by atoms with van der Waals surface area (Å²) in [5.41, 5.74) is 1.18. The molecule has 3 heterocycles. The van der Waals surface area contributed by atoms with E-state index in [1.54, 1.807) is 20.0 Å². The van der Waals surface area contributed by atoms with Crippen molar-refractivity contribution in [3.63, 3.8) is 0 Å². The number of amides is 1. The van der Waals surface area contributed by atoms with Crippen LogP contribution in [0.3, 0.4) is 0 Å². The quantitative estimate of drug-likeness (QED) is 0.619. The fraction of sp³-hybridized carbons (Fsp3) is 0.471. The Morgan fingerprint density at radius 3 is 2.52 bits per heavy atom. The third-order valence-corrected chi connectivity index (χ3v) is 4.68. The second-order valence-corrected chi connectivity index (χ2v) is 6.68. The van der Waals surface area contributed by atoms with Gasteiger partial charge in [-0.15, -0.1) is 0 Å². The minimum atomic E-state index is -0.479. The van der Waals surface area contributed by atoms with Crippen LogP contribution in [-0.4, -0.2) is 63.7 Å². The van der Waals surface area contributed by atoms with Gasteiger partial charge in [0, 0.05) is 26.2 Å². The Kier molecular flexibility index (Phi) is 5.36. The van der Waals surface area contributed by atoms with Gasteiger partial charge in [-0.1, -0.05) is 0 Å². The molecule has 1 saturated heterocycles. The van der Waals surface area contributed by atoms with Crippen LogP contribution < -0.4 is 10.2 Å². The fourth-order valence-electron chi connectivity index (χ4n) is 3.12. The molecular formula is C17H23N7O3. The fourth-order valence-corrected chi connectivity index (χ4v) is 3.12. The summed E-state index contributed by atoms with van der Waals surface area (Å²) in [5.74, 6) is 0.569. The first-order valence-electron chi connectivity index (χ1n) is 8.73. The molecule has 144 valence electrons. The van der Waals surface area contributed by atoms with E-state index in [0.717, 1.165) is 32.0 Å². The third-order valence-electron chi connectivity index (χ3n) is 4.68. The van der Waals surface area contributed by atoms with Gasteiger partial charge in [0.25, 0.3) is 0 Å². The van der Waals surface area contributed by atoms with E-state index in [9.17, 15) is 14.9 Å². The maximum Gasteiger partial charge on any atom is 0.312 e. The molecule has 0 atom stereocenters. The lowest BCUT2D eigenvalue weighted by Crippen LogP contribution is -2.44. The van der Waals surface area contributed by atoms with Crippen molar-refractivity contribution in [1.82, 2.24) is 19.7 Å². The summed E-state index contributed by atoms with van der Waals surface area (Å²) in [4.78, 5) is 31.7. The van der Waals surface area contributed by atoms with E-state index in [0.29, 0.717) is 17.1 Å². The molecule has 1 amide bonds. The predicted molar refractivity (Wildman–Crippen MR) is 101 cm³/mol. The highest BCUT2D eigenvalue weighted by Crippen LogP contribution is 2.22. The number of aromatic nitrogens is 3. The van der Waals surface area contributed by atoms with Gasteiger partial charge in [0.1, 0.15) is 23.8 Å². The summed E-state index contributed by atoms with van der Waals surface area (Å²) in [7, 11) is 2.10. The average Bonchev–Trinajstić information content (AvgIpc) is 2.90. The number of carbonyl (C=O) groups excluding carboxylic acids is 1. The third kappa shape index (κ3) is 4.22. The Labute approximate surface area is 156 Å². The number of piperazine rings is 1. The smallest absolute Gasteiger partial charge is 0.312 e. The molecule has 2 aromatic heterocycles. The second kappa shape index (κ2) is 7.70. The molecule has 0 spiro atoms. The Bertz CT molecular complexity index is 839. The number of anilines is 2. The normalized spacial score (nSPS) is 15.0. The molecule has 1 N–H and O–H groups in total. The van der Waals surface area contributed by atoms with Crippen molar-refractivity contribution < 1.29 is 9.72 Å². The molecule has 10 heteroatoms. The summed E-state index contributed by atoms with van der Waals surface area (Å²) >= 11 is 0. The van der Waals surface area contributed by atoms with Crippen LogP contribution in [0.1, 0.15) is 11.4 Å². The van der Waals surface area contributed by atoms with Crippen LogP contribution in [0.4, 0.5) is 17.2 Å². The number of rotatable bonds is 5. The number of aryl methyl sites for hydroxylation is 1. The number of hydrogen-bond acceptors (Lipinski definition) is 7. The molecule has 1 fully saturated rings. The van der Waals surface area contributed by atoms with Crippen LogP contribution in [0.25, 0.3) is 0 Å². The van der Waals surface area contributed by atoms with Crippen molar-refractivity contribution in [3.8, 4) is 0 Å². The summed E-state index contributed by atoms with van der Waals surface area (Å²) < 4.78 is 1.34. The Morgan fingerprint density at radius 2 is 1.96 bits per heavy atom. The van der Waals surface area contributed by atoms with Gasteiger partial charge in [-0.25, -0.2) is 4.98 Å². The topological polar surface area (TPSA) is 109 Å². The van der Waals surface area contributed by atoms with Gasteiger partial charge in [-0.3, -0.25) is 19.6 Å². The average molecular weight is 373 g/mol. The van der Waals surface area contributed by atoms with Crippen molar-refractivity contribution in [1.29, 1.82) is 0 Å². The molecule has 2 aromatic rings. The van der Waals surface area contributed by atoms with Gasteiger partial charge in [0.15, 0.2) is 0 Å². The highest BCUT2D eigenvalue weighted by atomic mass is 16.6. The van der Waals surface area contributed by atoms with Crippen molar-refractivity contribution in [2.75, 3.05) is 43.4 Å². The highest BCUT2D eigenvalue weighted by molar-refractivity contribution is 5.90. The largest absolute Gasteiger partial charge is 0.354 e. The first kappa shape index (κ1) is 18.8. The molecule has 0 saturated carbocycles. The molecule has 3 rings (SSSR count). The van der Waals surface area contributed by atoms with Gasteiger partial charge in [0.05, 0.1) is 16.8 Å². The zero-order chi connectivity index (χ0) is 19.6. The first-order valence-corrected chi connectivity index (χ1v) is 8.73. The summed E-state index contributed by atoms with van der Waals surface area (Å²) in [6.07, 6.45) is 1.62. The molecule has 0 aliphatic carbocycles. The first-order chi connectivity index (χ1) is 12.8. The van der Waals surface area contributed by atoms with Gasteiger partial charge in [0.2, 0.25) is 5.91 Å². The van der Waals surface area contributed by atoms with Crippen molar-refractivity contribution >= 4 is 23.1 Å². The number of nitrogens with one attached hydrogen (secondary N) is 1. The van der Waals surface area contributed by atoms with Gasteiger partial charge >= 0.3 is 5.69 Å². The number of likely N-dealkylation sites (N-methyl/N-ethyl adjacent to an activating group) is 1. The maximum atomic E-state index is 12.3.